The molecule has 94 valence electrons. The topological polar surface area (TPSA) is 46.9 Å². The Kier molecular flexibility index (Phi) is 3.76. The van der Waals surface area contributed by atoms with Crippen molar-refractivity contribution < 1.29 is 9.18 Å². The second kappa shape index (κ2) is 5.30. The van der Waals surface area contributed by atoms with Crippen molar-refractivity contribution in [1.82, 2.24) is 15.1 Å². The number of halogens is 2. The lowest BCUT2D eigenvalue weighted by Gasteiger charge is -2.06. The smallest absolute Gasteiger partial charge is 0.251 e. The van der Waals surface area contributed by atoms with Gasteiger partial charge < -0.3 is 5.32 Å². The minimum Gasteiger partial charge on any atom is -0.346 e. The maximum absolute atomic E-state index is 13.0. The fourth-order valence-electron chi connectivity index (χ4n) is 1.49. The molecule has 6 heteroatoms. The van der Waals surface area contributed by atoms with E-state index in [2.05, 4.69) is 26.3 Å². The lowest BCUT2D eigenvalue weighted by atomic mass is 10.2. The van der Waals surface area contributed by atoms with Crippen molar-refractivity contribution in [2.75, 3.05) is 0 Å². The Morgan fingerprint density at radius 1 is 1.50 bits per heavy atom. The van der Waals surface area contributed by atoms with Gasteiger partial charge in [0.2, 0.25) is 0 Å². The van der Waals surface area contributed by atoms with Gasteiger partial charge in [-0.1, -0.05) is 0 Å². The summed E-state index contributed by atoms with van der Waals surface area (Å²) < 4.78 is 15.0. The number of aromatic nitrogens is 2. The SMILES string of the molecule is Cn1nccc1CNC(=O)c1ccc(F)c(Br)c1. The molecule has 0 saturated heterocycles. The van der Waals surface area contributed by atoms with Crippen LogP contribution in [-0.4, -0.2) is 15.7 Å². The third-order valence-electron chi connectivity index (χ3n) is 2.53. The second-order valence-corrected chi connectivity index (χ2v) is 4.61. The van der Waals surface area contributed by atoms with Gasteiger partial charge in [-0.2, -0.15) is 5.10 Å². The third kappa shape index (κ3) is 2.76. The number of benzene rings is 1. The van der Waals surface area contributed by atoms with Crippen LogP contribution in [0.15, 0.2) is 34.9 Å². The molecule has 0 spiro atoms. The number of rotatable bonds is 3. The van der Waals surface area contributed by atoms with Crippen molar-refractivity contribution in [3.8, 4) is 0 Å². The summed E-state index contributed by atoms with van der Waals surface area (Å²) in [5, 5.41) is 6.75. The normalized spacial score (nSPS) is 10.4. The number of carbonyl (C=O) groups is 1. The number of aryl methyl sites for hydroxylation is 1. The molecule has 0 aliphatic heterocycles. The summed E-state index contributed by atoms with van der Waals surface area (Å²) in [6.07, 6.45) is 1.66. The molecule has 1 heterocycles. The minimum absolute atomic E-state index is 0.253. The first-order chi connectivity index (χ1) is 8.58. The van der Waals surface area contributed by atoms with Crippen LogP contribution in [0.5, 0.6) is 0 Å². The number of carbonyl (C=O) groups excluding carboxylic acids is 1. The molecule has 0 atom stereocenters. The summed E-state index contributed by atoms with van der Waals surface area (Å²) in [4.78, 5) is 11.8. The zero-order chi connectivity index (χ0) is 13.1. The van der Waals surface area contributed by atoms with Gasteiger partial charge in [0.15, 0.2) is 0 Å². The molecule has 4 nitrogen and oxygen atoms in total. The molecule has 18 heavy (non-hydrogen) atoms. The van der Waals surface area contributed by atoms with Gasteiger partial charge >= 0.3 is 0 Å². The van der Waals surface area contributed by atoms with Crippen molar-refractivity contribution in [2.24, 2.45) is 7.05 Å². The van der Waals surface area contributed by atoms with Crippen LogP contribution in [0.3, 0.4) is 0 Å². The Hall–Kier alpha value is -1.69. The molecule has 1 aromatic heterocycles. The van der Waals surface area contributed by atoms with Crippen molar-refractivity contribution in [2.45, 2.75) is 6.54 Å². The summed E-state index contributed by atoms with van der Waals surface area (Å²) in [5.41, 5.74) is 1.30. The van der Waals surface area contributed by atoms with E-state index in [1.165, 1.54) is 18.2 Å². The standard InChI is InChI=1S/C12H11BrFN3O/c1-17-9(4-5-16-17)7-15-12(18)8-2-3-11(14)10(13)6-8/h2-6H,7H2,1H3,(H,15,18). The van der Waals surface area contributed by atoms with Crippen molar-refractivity contribution in [1.29, 1.82) is 0 Å². The molecule has 0 aliphatic carbocycles. The molecule has 0 radical (unpaired) electrons. The molecule has 0 saturated carbocycles. The molecule has 2 rings (SSSR count). The van der Waals surface area contributed by atoms with Gasteiger partial charge in [-0.25, -0.2) is 4.39 Å². The van der Waals surface area contributed by atoms with Crippen molar-refractivity contribution in [3.63, 3.8) is 0 Å². The van der Waals surface area contributed by atoms with E-state index in [0.717, 1.165) is 5.69 Å². The van der Waals surface area contributed by atoms with Crippen LogP contribution in [0.25, 0.3) is 0 Å². The Morgan fingerprint density at radius 2 is 2.28 bits per heavy atom. The predicted molar refractivity (Wildman–Crippen MR) is 68.5 cm³/mol. The molecule has 1 amide bonds. The lowest BCUT2D eigenvalue weighted by Crippen LogP contribution is -2.24. The number of hydrogen-bond acceptors (Lipinski definition) is 2. The van der Waals surface area contributed by atoms with Crippen LogP contribution < -0.4 is 5.32 Å². The maximum atomic E-state index is 13.0. The third-order valence-corrected chi connectivity index (χ3v) is 3.14. The average molecular weight is 312 g/mol. The molecule has 0 bridgehead atoms. The highest BCUT2D eigenvalue weighted by atomic mass is 79.9. The van der Waals surface area contributed by atoms with E-state index in [1.807, 2.05) is 6.07 Å². The van der Waals surface area contributed by atoms with Crippen LogP contribution >= 0.6 is 15.9 Å². The molecular weight excluding hydrogens is 301 g/mol. The first kappa shape index (κ1) is 12.8. The zero-order valence-corrected chi connectivity index (χ0v) is 11.2. The summed E-state index contributed by atoms with van der Waals surface area (Å²) in [6.45, 7) is 0.379. The lowest BCUT2D eigenvalue weighted by molar-refractivity contribution is 0.0950. The van der Waals surface area contributed by atoms with Gasteiger partial charge in [0.05, 0.1) is 16.7 Å². The van der Waals surface area contributed by atoms with Crippen LogP contribution in [0.1, 0.15) is 16.1 Å². The molecular formula is C12H11BrFN3O. The second-order valence-electron chi connectivity index (χ2n) is 3.76. The monoisotopic (exact) mass is 311 g/mol. The first-order valence-corrected chi connectivity index (χ1v) is 6.07. The van der Waals surface area contributed by atoms with Gasteiger partial charge in [-0.05, 0) is 40.2 Å². The van der Waals surface area contributed by atoms with Gasteiger partial charge in [0.25, 0.3) is 5.91 Å². The minimum atomic E-state index is -0.391. The fraction of sp³-hybridized carbons (Fsp3) is 0.167. The Bertz CT molecular complexity index is 582. The van der Waals surface area contributed by atoms with E-state index in [0.29, 0.717) is 12.1 Å². The Morgan fingerprint density at radius 3 is 2.89 bits per heavy atom. The van der Waals surface area contributed by atoms with E-state index in [-0.39, 0.29) is 10.4 Å². The van der Waals surface area contributed by atoms with Crippen LogP contribution in [0, 0.1) is 5.82 Å². The van der Waals surface area contributed by atoms with E-state index in [1.54, 1.807) is 17.9 Å². The molecule has 2 aromatic rings. The summed E-state index contributed by atoms with van der Waals surface area (Å²) >= 11 is 3.05. The predicted octanol–water partition coefficient (Wildman–Crippen LogP) is 2.25. The highest BCUT2D eigenvalue weighted by molar-refractivity contribution is 9.10. The molecule has 0 unspecified atom stereocenters. The Labute approximate surface area is 112 Å². The average Bonchev–Trinajstić information content (AvgIpc) is 2.75. The van der Waals surface area contributed by atoms with Crippen molar-refractivity contribution >= 4 is 21.8 Å². The highest BCUT2D eigenvalue weighted by Crippen LogP contribution is 2.16. The maximum Gasteiger partial charge on any atom is 0.251 e. The summed E-state index contributed by atoms with van der Waals surface area (Å²) in [6, 6.07) is 5.97. The Balaban J connectivity index is 2.04. The highest BCUT2D eigenvalue weighted by Gasteiger charge is 2.09. The van der Waals surface area contributed by atoms with Gasteiger partial charge in [0.1, 0.15) is 5.82 Å². The summed E-state index contributed by atoms with van der Waals surface area (Å²) in [7, 11) is 1.80. The first-order valence-electron chi connectivity index (χ1n) is 5.28. The van der Waals surface area contributed by atoms with E-state index >= 15 is 0 Å². The van der Waals surface area contributed by atoms with Gasteiger partial charge in [-0.15, -0.1) is 0 Å². The molecule has 1 N–H and O–H groups in total. The zero-order valence-electron chi connectivity index (χ0n) is 9.65. The van der Waals surface area contributed by atoms with E-state index < -0.39 is 5.82 Å². The largest absolute Gasteiger partial charge is 0.346 e. The van der Waals surface area contributed by atoms with Crippen molar-refractivity contribution in [3.05, 3.63) is 52.0 Å². The molecule has 1 aromatic carbocycles. The van der Waals surface area contributed by atoms with E-state index in [9.17, 15) is 9.18 Å². The van der Waals surface area contributed by atoms with Gasteiger partial charge in [0, 0.05) is 18.8 Å². The number of nitrogens with zero attached hydrogens (tertiary/aromatic N) is 2. The number of hydrogen-bond donors (Lipinski definition) is 1. The summed E-state index contributed by atoms with van der Waals surface area (Å²) in [5.74, 6) is -0.643. The molecule has 0 aliphatic rings. The fourth-order valence-corrected chi connectivity index (χ4v) is 1.86. The number of nitrogens with one attached hydrogen (secondary N) is 1. The van der Waals surface area contributed by atoms with Crippen LogP contribution in [0.2, 0.25) is 0 Å². The quantitative estimate of drug-likeness (QED) is 0.945. The number of amides is 1. The van der Waals surface area contributed by atoms with Gasteiger partial charge in [-0.3, -0.25) is 9.48 Å². The van der Waals surface area contributed by atoms with Crippen LogP contribution in [-0.2, 0) is 13.6 Å². The van der Waals surface area contributed by atoms with E-state index in [4.69, 9.17) is 0 Å². The molecule has 0 fully saturated rings. The van der Waals surface area contributed by atoms with Crippen LogP contribution in [0.4, 0.5) is 4.39 Å².